The summed E-state index contributed by atoms with van der Waals surface area (Å²) in [6.45, 7) is 2.14. The number of phosphoric acid groups is 1. The summed E-state index contributed by atoms with van der Waals surface area (Å²) in [5, 5.41) is 0. The number of rotatable bonds is 4. The van der Waals surface area contributed by atoms with E-state index >= 15 is 0 Å². The maximum Gasteiger partial charge on any atom is 0.474 e. The van der Waals surface area contributed by atoms with Crippen molar-refractivity contribution < 1.29 is 23.2 Å². The van der Waals surface area contributed by atoms with Gasteiger partial charge in [0, 0.05) is 0 Å². The third kappa shape index (κ3) is 2.77. The molecule has 0 radical (unpaired) electrons. The van der Waals surface area contributed by atoms with Crippen LogP contribution in [-0.2, 0) is 18.3 Å². The van der Waals surface area contributed by atoms with Crippen LogP contribution in [-0.4, -0.2) is 24.4 Å². The number of ether oxygens (including phenoxy) is 1. The third-order valence-corrected chi connectivity index (χ3v) is 1.93. The molecule has 1 saturated heterocycles. The molecule has 0 saturated carbocycles. The molecule has 60 valence electrons. The molecule has 6 heteroatoms. The molecule has 1 rings (SSSR count). The molecule has 0 bridgehead atoms. The van der Waals surface area contributed by atoms with E-state index in [0.717, 1.165) is 0 Å². The smallest absolute Gasteiger partial charge is 0.344 e. The molecular formula is C4H9O5P. The molecule has 2 unspecified atom stereocenters. The highest BCUT2D eigenvalue weighted by Gasteiger charge is 2.34. The fourth-order valence-corrected chi connectivity index (χ4v) is 1.25. The quantitative estimate of drug-likeness (QED) is 0.488. The minimum absolute atomic E-state index is 0.153. The van der Waals surface area contributed by atoms with E-state index in [4.69, 9.17) is 4.89 Å². The van der Waals surface area contributed by atoms with Gasteiger partial charge in [0.05, 0.1) is 6.61 Å². The Morgan fingerprint density at radius 1 is 1.90 bits per heavy atom. The van der Waals surface area contributed by atoms with Crippen molar-refractivity contribution in [2.45, 2.75) is 13.2 Å². The standard InChI is InChI=1S/C4H9O5P/c1-2-8-10(5,6)9-4-3-7-4/h4H,2-3H2,1H3,(H,5,6). The monoisotopic (exact) mass is 168 g/mol. The van der Waals surface area contributed by atoms with Crippen LogP contribution in [0.15, 0.2) is 0 Å². The number of phosphoric ester groups is 1. The lowest BCUT2D eigenvalue weighted by Gasteiger charge is -2.07. The highest BCUT2D eigenvalue weighted by molar-refractivity contribution is 7.47. The van der Waals surface area contributed by atoms with Gasteiger partial charge in [0.2, 0.25) is 0 Å². The minimum Gasteiger partial charge on any atom is -0.344 e. The summed E-state index contributed by atoms with van der Waals surface area (Å²) in [6, 6.07) is 0. The van der Waals surface area contributed by atoms with Crippen molar-refractivity contribution in [1.29, 1.82) is 0 Å². The van der Waals surface area contributed by atoms with Crippen LogP contribution in [0.5, 0.6) is 0 Å². The van der Waals surface area contributed by atoms with Gasteiger partial charge in [0.1, 0.15) is 6.61 Å². The zero-order valence-electron chi connectivity index (χ0n) is 5.52. The molecule has 1 aliphatic rings. The fraction of sp³-hybridized carbons (Fsp3) is 1.00. The van der Waals surface area contributed by atoms with Gasteiger partial charge in [-0.05, 0) is 6.92 Å². The van der Waals surface area contributed by atoms with Crippen molar-refractivity contribution in [1.82, 2.24) is 0 Å². The van der Waals surface area contributed by atoms with Gasteiger partial charge in [0.25, 0.3) is 0 Å². The molecule has 1 heterocycles. The largest absolute Gasteiger partial charge is 0.474 e. The zero-order valence-corrected chi connectivity index (χ0v) is 6.41. The normalized spacial score (nSPS) is 29.6. The summed E-state index contributed by atoms with van der Waals surface area (Å²) in [7, 11) is -3.81. The van der Waals surface area contributed by atoms with Crippen molar-refractivity contribution in [2.75, 3.05) is 13.2 Å². The van der Waals surface area contributed by atoms with E-state index in [1.165, 1.54) is 0 Å². The summed E-state index contributed by atoms with van der Waals surface area (Å²) in [6.07, 6.45) is -0.539. The highest BCUT2D eigenvalue weighted by atomic mass is 31.2. The molecule has 1 aliphatic heterocycles. The molecular weight excluding hydrogens is 159 g/mol. The Morgan fingerprint density at radius 3 is 2.90 bits per heavy atom. The van der Waals surface area contributed by atoms with Gasteiger partial charge in [-0.2, -0.15) is 0 Å². The van der Waals surface area contributed by atoms with E-state index in [1.54, 1.807) is 6.92 Å². The molecule has 10 heavy (non-hydrogen) atoms. The average molecular weight is 168 g/mol. The molecule has 0 amide bonds. The van der Waals surface area contributed by atoms with Crippen LogP contribution in [0.1, 0.15) is 6.92 Å². The van der Waals surface area contributed by atoms with Crippen molar-refractivity contribution in [3.63, 3.8) is 0 Å². The molecule has 0 aliphatic carbocycles. The molecule has 0 aromatic carbocycles. The number of hydrogen-bond acceptors (Lipinski definition) is 4. The summed E-state index contributed by atoms with van der Waals surface area (Å²) in [5.41, 5.74) is 0. The van der Waals surface area contributed by atoms with E-state index in [2.05, 4.69) is 13.8 Å². The predicted molar refractivity (Wildman–Crippen MR) is 32.3 cm³/mol. The average Bonchev–Trinajstić information content (AvgIpc) is 2.48. The Labute approximate surface area is 58.5 Å². The number of hydrogen-bond donors (Lipinski definition) is 1. The highest BCUT2D eigenvalue weighted by Crippen LogP contribution is 2.46. The first-order valence-corrected chi connectivity index (χ1v) is 4.41. The molecule has 5 nitrogen and oxygen atoms in total. The Bertz CT molecular complexity index is 154. The van der Waals surface area contributed by atoms with Crippen molar-refractivity contribution >= 4 is 7.82 Å². The lowest BCUT2D eigenvalue weighted by molar-refractivity contribution is 0.102. The summed E-state index contributed by atoms with van der Waals surface area (Å²) < 4.78 is 24.1. The van der Waals surface area contributed by atoms with Crippen LogP contribution < -0.4 is 0 Å². The van der Waals surface area contributed by atoms with Crippen molar-refractivity contribution in [3.05, 3.63) is 0 Å². The Morgan fingerprint density at radius 2 is 2.50 bits per heavy atom. The zero-order chi connectivity index (χ0) is 7.61. The van der Waals surface area contributed by atoms with E-state index in [0.29, 0.717) is 6.61 Å². The summed E-state index contributed by atoms with van der Waals surface area (Å²) >= 11 is 0. The van der Waals surface area contributed by atoms with Crippen LogP contribution >= 0.6 is 7.82 Å². The van der Waals surface area contributed by atoms with Gasteiger partial charge < -0.3 is 9.63 Å². The number of epoxide rings is 1. The lowest BCUT2D eigenvalue weighted by Crippen LogP contribution is -1.96. The Hall–Kier alpha value is 0.0700. The van der Waals surface area contributed by atoms with E-state index in [9.17, 15) is 4.57 Å². The third-order valence-electron chi connectivity index (χ3n) is 0.846. The van der Waals surface area contributed by atoms with Gasteiger partial charge in [-0.25, -0.2) is 4.57 Å². The first kappa shape index (κ1) is 8.17. The van der Waals surface area contributed by atoms with Crippen LogP contribution in [0, 0.1) is 0 Å². The van der Waals surface area contributed by atoms with Gasteiger partial charge >= 0.3 is 7.82 Å². The predicted octanol–water partition coefficient (Wildman–Crippen LogP) is 0.496. The van der Waals surface area contributed by atoms with Gasteiger partial charge in [-0.3, -0.25) is 9.05 Å². The minimum atomic E-state index is -3.81. The van der Waals surface area contributed by atoms with E-state index in [1.807, 2.05) is 0 Å². The molecule has 2 atom stereocenters. The van der Waals surface area contributed by atoms with E-state index in [-0.39, 0.29) is 6.61 Å². The lowest BCUT2D eigenvalue weighted by atomic mass is 10.9. The topological polar surface area (TPSA) is 68.3 Å². The first-order chi connectivity index (χ1) is 4.64. The van der Waals surface area contributed by atoms with Crippen LogP contribution in [0.4, 0.5) is 0 Å². The molecule has 0 spiro atoms. The van der Waals surface area contributed by atoms with Crippen molar-refractivity contribution in [3.8, 4) is 0 Å². The van der Waals surface area contributed by atoms with Crippen LogP contribution in [0.3, 0.4) is 0 Å². The maximum atomic E-state index is 10.7. The van der Waals surface area contributed by atoms with Crippen LogP contribution in [0.25, 0.3) is 0 Å². The van der Waals surface area contributed by atoms with Gasteiger partial charge in [-0.1, -0.05) is 0 Å². The maximum absolute atomic E-state index is 10.7. The Kier molecular flexibility index (Phi) is 2.44. The molecule has 1 N–H and O–H groups in total. The van der Waals surface area contributed by atoms with Gasteiger partial charge in [-0.15, -0.1) is 0 Å². The van der Waals surface area contributed by atoms with Crippen molar-refractivity contribution in [2.24, 2.45) is 0 Å². The van der Waals surface area contributed by atoms with E-state index < -0.39 is 14.1 Å². The summed E-state index contributed by atoms with van der Waals surface area (Å²) in [5.74, 6) is 0. The fourth-order valence-electron chi connectivity index (χ4n) is 0.442. The first-order valence-electron chi connectivity index (χ1n) is 2.91. The molecule has 0 aromatic rings. The SMILES string of the molecule is CCOP(=O)(O)OC1CO1. The molecule has 1 fully saturated rings. The van der Waals surface area contributed by atoms with Crippen LogP contribution in [0.2, 0.25) is 0 Å². The summed E-state index contributed by atoms with van der Waals surface area (Å²) in [4.78, 5) is 8.76. The second-order valence-electron chi connectivity index (χ2n) is 1.75. The molecule has 0 aromatic heterocycles. The Balaban J connectivity index is 2.26. The second kappa shape index (κ2) is 2.98. The van der Waals surface area contributed by atoms with Gasteiger partial charge in [0.15, 0.2) is 6.29 Å². The second-order valence-corrected chi connectivity index (χ2v) is 3.16.